The van der Waals surface area contributed by atoms with Gasteiger partial charge in [-0.3, -0.25) is 0 Å². The zero-order valence-corrected chi connectivity index (χ0v) is 24.7. The number of nitrogen functional groups attached to an aromatic ring is 2. The second-order valence-electron chi connectivity index (χ2n) is 9.94. The predicted octanol–water partition coefficient (Wildman–Crippen LogP) is 8.85. The summed E-state index contributed by atoms with van der Waals surface area (Å²) >= 11 is 0. The molecule has 0 amide bonds. The highest BCUT2D eigenvalue weighted by Gasteiger charge is 2.19. The molecule has 6 rings (SSSR count). The number of hydrogen-bond acceptors (Lipinski definition) is 8. The van der Waals surface area contributed by atoms with Crippen LogP contribution >= 0.6 is 0 Å². The van der Waals surface area contributed by atoms with Crippen LogP contribution in [0.3, 0.4) is 0 Å². The van der Waals surface area contributed by atoms with Crippen molar-refractivity contribution in [3.8, 4) is 46.0 Å². The summed E-state index contributed by atoms with van der Waals surface area (Å²) in [6.07, 6.45) is 0. The third-order valence-electron chi connectivity index (χ3n) is 6.58. The lowest BCUT2D eigenvalue weighted by molar-refractivity contribution is 0.468. The highest BCUT2D eigenvalue weighted by atomic mass is 32.2. The van der Waals surface area contributed by atoms with E-state index in [4.69, 9.17) is 30.4 Å². The summed E-state index contributed by atoms with van der Waals surface area (Å²) in [7, 11) is -3.88. The molecule has 0 atom stereocenters. The number of ether oxygens (including phenoxy) is 4. The van der Waals surface area contributed by atoms with E-state index in [2.05, 4.69) is 0 Å². The Balaban J connectivity index is 1.12. The standard InChI is InChI=1S/C36H28N2O6S/c37-25-7-11-27(12-8-25)41-29-15-19-31(20-16-29)43-33-3-1-5-35(23-33)45(39,40)36-6-2-4-34(24-36)44-32-21-17-30(18-22-32)42-28-13-9-26(38)10-14-28/h1-24H,37-38H2. The van der Waals surface area contributed by atoms with Gasteiger partial charge in [0.25, 0.3) is 0 Å². The first-order chi connectivity index (χ1) is 21.8. The third-order valence-corrected chi connectivity index (χ3v) is 8.33. The van der Waals surface area contributed by atoms with E-state index in [0.29, 0.717) is 57.4 Å². The molecule has 9 heteroatoms. The van der Waals surface area contributed by atoms with Gasteiger partial charge in [-0.05, 0) is 133 Å². The van der Waals surface area contributed by atoms with Gasteiger partial charge in [0.05, 0.1) is 9.79 Å². The second kappa shape index (κ2) is 12.7. The van der Waals surface area contributed by atoms with Crippen LogP contribution in [0.5, 0.6) is 46.0 Å². The molecule has 0 aliphatic rings. The van der Waals surface area contributed by atoms with Crippen molar-refractivity contribution < 1.29 is 27.4 Å². The minimum Gasteiger partial charge on any atom is -0.457 e. The van der Waals surface area contributed by atoms with Crippen molar-refractivity contribution in [2.24, 2.45) is 0 Å². The molecule has 0 aliphatic carbocycles. The van der Waals surface area contributed by atoms with Crippen molar-refractivity contribution in [1.29, 1.82) is 0 Å². The van der Waals surface area contributed by atoms with Crippen molar-refractivity contribution in [1.82, 2.24) is 0 Å². The van der Waals surface area contributed by atoms with Gasteiger partial charge >= 0.3 is 0 Å². The fraction of sp³-hybridized carbons (Fsp3) is 0. The van der Waals surface area contributed by atoms with E-state index in [9.17, 15) is 8.42 Å². The zero-order valence-electron chi connectivity index (χ0n) is 23.9. The molecule has 0 radical (unpaired) electrons. The Morgan fingerprint density at radius 1 is 0.356 bits per heavy atom. The van der Waals surface area contributed by atoms with Gasteiger partial charge < -0.3 is 30.4 Å². The lowest BCUT2D eigenvalue weighted by Crippen LogP contribution is -2.02. The van der Waals surface area contributed by atoms with Crippen LogP contribution in [0, 0.1) is 0 Å². The number of anilines is 2. The van der Waals surface area contributed by atoms with Crippen molar-refractivity contribution in [2.75, 3.05) is 11.5 Å². The first-order valence-corrected chi connectivity index (χ1v) is 15.4. The van der Waals surface area contributed by atoms with Gasteiger partial charge in [0.2, 0.25) is 9.84 Å². The molecule has 8 nitrogen and oxygen atoms in total. The first-order valence-electron chi connectivity index (χ1n) is 13.9. The summed E-state index contributed by atoms with van der Waals surface area (Å²) < 4.78 is 50.7. The van der Waals surface area contributed by atoms with Gasteiger partial charge in [-0.1, -0.05) is 12.1 Å². The van der Waals surface area contributed by atoms with Crippen molar-refractivity contribution >= 4 is 21.2 Å². The Labute approximate surface area is 260 Å². The Hall–Kier alpha value is -5.93. The van der Waals surface area contributed by atoms with Crippen LogP contribution in [-0.2, 0) is 9.84 Å². The second-order valence-corrected chi connectivity index (χ2v) is 11.9. The van der Waals surface area contributed by atoms with Gasteiger partial charge in [-0.2, -0.15) is 0 Å². The lowest BCUT2D eigenvalue weighted by atomic mass is 10.3. The Kier molecular flexibility index (Phi) is 8.26. The SMILES string of the molecule is Nc1ccc(Oc2ccc(Oc3cccc(S(=O)(=O)c4cccc(Oc5ccc(Oc6ccc(N)cc6)cc5)c4)c3)cc2)cc1. The number of nitrogens with two attached hydrogens (primary N) is 2. The minimum absolute atomic E-state index is 0.0876. The number of hydrogen-bond donors (Lipinski definition) is 2. The summed E-state index contributed by atoms with van der Waals surface area (Å²) in [6, 6.07) is 40.9. The molecule has 0 saturated carbocycles. The van der Waals surface area contributed by atoms with Crippen LogP contribution in [0.2, 0.25) is 0 Å². The third kappa shape index (κ3) is 7.35. The first kappa shape index (κ1) is 29.2. The molecule has 0 fully saturated rings. The van der Waals surface area contributed by atoms with Crippen LogP contribution in [0.4, 0.5) is 11.4 Å². The van der Waals surface area contributed by atoms with Crippen molar-refractivity contribution in [3.63, 3.8) is 0 Å². The Morgan fingerprint density at radius 3 is 0.933 bits per heavy atom. The van der Waals surface area contributed by atoms with Crippen molar-refractivity contribution in [3.05, 3.63) is 146 Å². The molecular formula is C36H28N2O6S. The van der Waals surface area contributed by atoms with Gasteiger partial charge in [0, 0.05) is 11.4 Å². The average molecular weight is 617 g/mol. The van der Waals surface area contributed by atoms with E-state index in [1.807, 2.05) is 0 Å². The largest absolute Gasteiger partial charge is 0.457 e. The van der Waals surface area contributed by atoms with E-state index in [-0.39, 0.29) is 9.79 Å². The average Bonchev–Trinajstić information content (AvgIpc) is 3.05. The fourth-order valence-corrected chi connectivity index (χ4v) is 5.64. The molecule has 6 aromatic rings. The van der Waals surface area contributed by atoms with Crippen LogP contribution in [0.1, 0.15) is 0 Å². The molecule has 0 spiro atoms. The van der Waals surface area contributed by atoms with E-state index in [1.54, 1.807) is 121 Å². The maximum absolute atomic E-state index is 13.6. The van der Waals surface area contributed by atoms with E-state index < -0.39 is 9.84 Å². The molecule has 4 N–H and O–H groups in total. The number of rotatable bonds is 10. The predicted molar refractivity (Wildman–Crippen MR) is 173 cm³/mol. The van der Waals surface area contributed by atoms with Gasteiger partial charge in [0.15, 0.2) is 0 Å². The molecule has 6 aromatic carbocycles. The van der Waals surface area contributed by atoms with Crippen LogP contribution in [-0.4, -0.2) is 8.42 Å². The topological polar surface area (TPSA) is 123 Å². The summed E-state index contributed by atoms with van der Waals surface area (Å²) in [5.74, 6) is 4.34. The molecule has 224 valence electrons. The zero-order chi connectivity index (χ0) is 31.2. The monoisotopic (exact) mass is 616 g/mol. The maximum atomic E-state index is 13.6. The molecule has 0 heterocycles. The quantitative estimate of drug-likeness (QED) is 0.146. The van der Waals surface area contributed by atoms with E-state index >= 15 is 0 Å². The molecule has 0 aromatic heterocycles. The molecule has 0 bridgehead atoms. The lowest BCUT2D eigenvalue weighted by Gasteiger charge is -2.11. The molecular weight excluding hydrogens is 588 g/mol. The summed E-state index contributed by atoms with van der Waals surface area (Å²) in [5, 5.41) is 0. The molecule has 0 unspecified atom stereocenters. The highest BCUT2D eigenvalue weighted by Crippen LogP contribution is 2.32. The molecule has 0 aliphatic heterocycles. The normalized spacial score (nSPS) is 11.0. The fourth-order valence-electron chi connectivity index (χ4n) is 4.31. The van der Waals surface area contributed by atoms with Crippen LogP contribution < -0.4 is 30.4 Å². The van der Waals surface area contributed by atoms with Gasteiger partial charge in [-0.25, -0.2) is 8.42 Å². The Morgan fingerprint density at radius 2 is 0.622 bits per heavy atom. The Bertz CT molecular complexity index is 1870. The molecule has 0 saturated heterocycles. The number of sulfone groups is 1. The summed E-state index contributed by atoms with van der Waals surface area (Å²) in [4.78, 5) is 0.175. The maximum Gasteiger partial charge on any atom is 0.206 e. The van der Waals surface area contributed by atoms with Crippen LogP contribution in [0.15, 0.2) is 155 Å². The van der Waals surface area contributed by atoms with Crippen LogP contribution in [0.25, 0.3) is 0 Å². The highest BCUT2D eigenvalue weighted by molar-refractivity contribution is 7.91. The smallest absolute Gasteiger partial charge is 0.206 e. The van der Waals surface area contributed by atoms with E-state index in [1.165, 1.54) is 24.3 Å². The number of benzene rings is 6. The summed E-state index contributed by atoms with van der Waals surface area (Å²) in [6.45, 7) is 0. The van der Waals surface area contributed by atoms with Crippen molar-refractivity contribution in [2.45, 2.75) is 9.79 Å². The van der Waals surface area contributed by atoms with Gasteiger partial charge in [-0.15, -0.1) is 0 Å². The molecule has 45 heavy (non-hydrogen) atoms. The summed E-state index contributed by atoms with van der Waals surface area (Å²) in [5.41, 5.74) is 12.8. The van der Waals surface area contributed by atoms with Gasteiger partial charge in [0.1, 0.15) is 46.0 Å². The van der Waals surface area contributed by atoms with E-state index in [0.717, 1.165) is 0 Å². The minimum atomic E-state index is -3.88.